The first-order valence-corrected chi connectivity index (χ1v) is 10.3. The lowest BCUT2D eigenvalue weighted by Gasteiger charge is -2.29. The third-order valence-electron chi connectivity index (χ3n) is 3.84. The van der Waals surface area contributed by atoms with Gasteiger partial charge in [-0.3, -0.25) is 9.59 Å². The molecular weight excluding hydrogens is 346 g/mol. The van der Waals surface area contributed by atoms with Crippen molar-refractivity contribution in [3.05, 3.63) is 12.2 Å². The fourth-order valence-electron chi connectivity index (χ4n) is 2.28. The Bertz CT molecular complexity index is 420. The summed E-state index contributed by atoms with van der Waals surface area (Å²) in [5.41, 5.74) is 0.900. The molecule has 1 N–H and O–H groups in total. The Morgan fingerprint density at radius 2 is 1.73 bits per heavy atom. The van der Waals surface area contributed by atoms with Gasteiger partial charge in [-0.05, 0) is 31.9 Å². The Hall–Kier alpha value is -1.01. The van der Waals surface area contributed by atoms with Crippen LogP contribution in [0.5, 0.6) is 0 Å². The topological polar surface area (TPSA) is 49.4 Å². The molecule has 6 heteroatoms. The Morgan fingerprint density at radius 1 is 1.15 bits per heavy atom. The molecule has 0 bridgehead atoms. The summed E-state index contributed by atoms with van der Waals surface area (Å²) in [5.74, 6) is 0.761. The van der Waals surface area contributed by atoms with E-state index in [0.717, 1.165) is 41.6 Å². The highest BCUT2D eigenvalue weighted by Gasteiger charge is 2.26. The highest BCUT2D eigenvalue weighted by Crippen LogP contribution is 2.12. The molecular formula is C20H42N3O2S+. The molecule has 0 fully saturated rings. The van der Waals surface area contributed by atoms with Crippen LogP contribution in [0.2, 0.25) is 0 Å². The van der Waals surface area contributed by atoms with Gasteiger partial charge in [0.05, 0.1) is 34.2 Å². The largest absolute Gasteiger partial charge is 0.349 e. The van der Waals surface area contributed by atoms with Crippen molar-refractivity contribution in [2.75, 3.05) is 47.0 Å². The quantitative estimate of drug-likeness (QED) is 0.234. The lowest BCUT2D eigenvalue weighted by molar-refractivity contribution is -0.869. The number of carbonyl (C=O) groups excluding carboxylic acids is 2. The van der Waals surface area contributed by atoms with Gasteiger partial charge in [-0.2, -0.15) is 12.6 Å². The zero-order valence-corrected chi connectivity index (χ0v) is 19.0. The van der Waals surface area contributed by atoms with E-state index in [1.165, 1.54) is 0 Å². The van der Waals surface area contributed by atoms with Gasteiger partial charge in [-0.15, -0.1) is 6.58 Å². The average Bonchev–Trinajstić information content (AvgIpc) is 2.56. The number of nitrogens with one attached hydrogen (secondary N) is 1. The van der Waals surface area contributed by atoms with Crippen LogP contribution in [0.3, 0.4) is 0 Å². The summed E-state index contributed by atoms with van der Waals surface area (Å²) in [4.78, 5) is 26.5. The van der Waals surface area contributed by atoms with Crippen LogP contribution < -0.4 is 5.32 Å². The van der Waals surface area contributed by atoms with Gasteiger partial charge in [-0.25, -0.2) is 0 Å². The summed E-state index contributed by atoms with van der Waals surface area (Å²) in [7, 11) is 7.96. The number of amides is 2. The van der Waals surface area contributed by atoms with E-state index in [-0.39, 0.29) is 11.8 Å². The van der Waals surface area contributed by atoms with Gasteiger partial charge in [-0.1, -0.05) is 25.8 Å². The molecule has 2 amide bonds. The van der Waals surface area contributed by atoms with Gasteiger partial charge in [0.15, 0.2) is 0 Å². The number of unbranched alkanes of at least 4 members (excludes halogenated alkanes) is 2. The summed E-state index contributed by atoms with van der Waals surface area (Å²) >= 11 is 4.18. The maximum Gasteiger partial charge on any atom is 0.243 e. The molecule has 5 nitrogen and oxygen atoms in total. The van der Waals surface area contributed by atoms with Crippen LogP contribution in [0.15, 0.2) is 12.2 Å². The number of hydrogen-bond donors (Lipinski definition) is 2. The van der Waals surface area contributed by atoms with E-state index < -0.39 is 6.04 Å². The smallest absolute Gasteiger partial charge is 0.243 e. The van der Waals surface area contributed by atoms with Gasteiger partial charge in [0, 0.05) is 13.5 Å². The second-order valence-corrected chi connectivity index (χ2v) is 7.97. The molecule has 0 radical (unpaired) electrons. The van der Waals surface area contributed by atoms with Crippen molar-refractivity contribution >= 4 is 24.4 Å². The van der Waals surface area contributed by atoms with Crippen LogP contribution in [0.25, 0.3) is 0 Å². The van der Waals surface area contributed by atoms with Crippen LogP contribution >= 0.6 is 12.6 Å². The molecule has 0 aliphatic rings. The van der Waals surface area contributed by atoms with Gasteiger partial charge in [0.25, 0.3) is 0 Å². The van der Waals surface area contributed by atoms with E-state index in [0.29, 0.717) is 19.4 Å². The van der Waals surface area contributed by atoms with Crippen molar-refractivity contribution in [1.82, 2.24) is 10.2 Å². The number of likely N-dealkylation sites (N-methyl/N-ethyl adjacent to an activating group) is 2. The van der Waals surface area contributed by atoms with Gasteiger partial charge >= 0.3 is 0 Å². The van der Waals surface area contributed by atoms with Crippen LogP contribution in [0.4, 0.5) is 0 Å². The Labute approximate surface area is 167 Å². The third kappa shape index (κ3) is 14.2. The van der Waals surface area contributed by atoms with Crippen molar-refractivity contribution in [3.8, 4) is 0 Å². The Morgan fingerprint density at radius 3 is 2.19 bits per heavy atom. The standard InChI is InChI=1S/C18H35N3O2S.C2H6/c1-15(2)14-16(18(23)19-11-12-21(4,5)6)20(3)17(22)10-8-7-9-13-24;1-2/h16H,1,7-14H2,2-6H3,(H-,19,23,24);1-2H3/p+1. The number of thiol groups is 1. The van der Waals surface area contributed by atoms with E-state index >= 15 is 0 Å². The van der Waals surface area contributed by atoms with Crippen molar-refractivity contribution in [2.24, 2.45) is 0 Å². The second-order valence-electron chi connectivity index (χ2n) is 7.52. The molecule has 0 rings (SSSR count). The van der Waals surface area contributed by atoms with Crippen LogP contribution in [-0.4, -0.2) is 74.3 Å². The molecule has 154 valence electrons. The van der Waals surface area contributed by atoms with E-state index in [9.17, 15) is 9.59 Å². The molecule has 0 heterocycles. The average molecular weight is 389 g/mol. The SMILES string of the molecule is C=C(C)CC(C(=O)NCC[N+](C)(C)C)N(C)C(=O)CCCCCS.CC. The first kappa shape index (κ1) is 27.2. The van der Waals surface area contributed by atoms with Crippen LogP contribution in [0, 0.1) is 0 Å². The van der Waals surface area contributed by atoms with Gasteiger partial charge in [0.1, 0.15) is 6.04 Å². The molecule has 26 heavy (non-hydrogen) atoms. The molecule has 1 unspecified atom stereocenters. The minimum atomic E-state index is -0.479. The summed E-state index contributed by atoms with van der Waals surface area (Å²) < 4.78 is 0.783. The molecule has 0 aliphatic heterocycles. The molecule has 0 saturated carbocycles. The minimum Gasteiger partial charge on any atom is -0.349 e. The lowest BCUT2D eigenvalue weighted by atomic mass is 10.1. The number of rotatable bonds is 12. The normalized spacial score (nSPS) is 11.8. The van der Waals surface area contributed by atoms with E-state index in [1.807, 2.05) is 20.8 Å². The van der Waals surface area contributed by atoms with Crippen LogP contribution in [-0.2, 0) is 9.59 Å². The van der Waals surface area contributed by atoms with Crippen molar-refractivity contribution in [2.45, 2.75) is 58.9 Å². The fraction of sp³-hybridized carbons (Fsp3) is 0.800. The first-order chi connectivity index (χ1) is 12.1. The molecule has 1 atom stereocenters. The highest BCUT2D eigenvalue weighted by molar-refractivity contribution is 7.80. The lowest BCUT2D eigenvalue weighted by Crippen LogP contribution is -2.50. The maximum absolute atomic E-state index is 12.5. The number of nitrogens with zero attached hydrogens (tertiary/aromatic N) is 2. The molecule has 0 aromatic heterocycles. The van der Waals surface area contributed by atoms with Crippen LogP contribution in [0.1, 0.15) is 52.9 Å². The first-order valence-electron chi connectivity index (χ1n) is 9.67. The summed E-state index contributed by atoms with van der Waals surface area (Å²) in [6.45, 7) is 11.2. The summed E-state index contributed by atoms with van der Waals surface area (Å²) in [5, 5.41) is 2.96. The fourth-order valence-corrected chi connectivity index (χ4v) is 2.51. The molecule has 0 spiro atoms. The number of quaternary nitrogens is 1. The van der Waals surface area contributed by atoms with Crippen molar-refractivity contribution < 1.29 is 14.1 Å². The second kappa shape index (κ2) is 15.1. The highest BCUT2D eigenvalue weighted by atomic mass is 32.1. The van der Waals surface area contributed by atoms with Crippen molar-refractivity contribution in [1.29, 1.82) is 0 Å². The molecule has 0 saturated heterocycles. The van der Waals surface area contributed by atoms with E-state index in [1.54, 1.807) is 11.9 Å². The molecule has 0 aromatic carbocycles. The molecule has 0 aliphatic carbocycles. The van der Waals surface area contributed by atoms with E-state index in [4.69, 9.17) is 0 Å². The number of carbonyl (C=O) groups is 2. The molecule has 0 aromatic rings. The summed E-state index contributed by atoms with van der Waals surface area (Å²) in [6, 6.07) is -0.479. The zero-order valence-electron chi connectivity index (χ0n) is 18.1. The predicted molar refractivity (Wildman–Crippen MR) is 116 cm³/mol. The van der Waals surface area contributed by atoms with Crippen molar-refractivity contribution in [3.63, 3.8) is 0 Å². The third-order valence-corrected chi connectivity index (χ3v) is 4.15. The van der Waals surface area contributed by atoms with E-state index in [2.05, 4.69) is 45.7 Å². The monoisotopic (exact) mass is 388 g/mol. The maximum atomic E-state index is 12.5. The van der Waals surface area contributed by atoms with Gasteiger partial charge in [0.2, 0.25) is 11.8 Å². The predicted octanol–water partition coefficient (Wildman–Crippen LogP) is 3.12. The zero-order chi connectivity index (χ0) is 20.8. The minimum absolute atomic E-state index is 0.0159. The number of hydrogen-bond acceptors (Lipinski definition) is 3. The van der Waals surface area contributed by atoms with Gasteiger partial charge < -0.3 is 14.7 Å². The summed E-state index contributed by atoms with van der Waals surface area (Å²) in [6.07, 6.45) is 3.82. The Balaban J connectivity index is 0. The Kier molecular flexibility index (Phi) is 15.8.